The van der Waals surface area contributed by atoms with E-state index in [-0.39, 0.29) is 0 Å². The van der Waals surface area contributed by atoms with E-state index in [2.05, 4.69) is 21.4 Å². The normalized spacial score (nSPS) is 9.42. The van der Waals surface area contributed by atoms with Crippen LogP contribution in [0, 0.1) is 0 Å². The Labute approximate surface area is 78.8 Å². The fourth-order valence-corrected chi connectivity index (χ4v) is 1.17. The fraction of sp³-hybridized carbons (Fsp3) is 0.125. The summed E-state index contributed by atoms with van der Waals surface area (Å²) in [5.74, 6) is 0. The maximum absolute atomic E-state index is 9.83. The SMILES string of the molecule is O=CNOCc1ccccc1Br. The van der Waals surface area contributed by atoms with Gasteiger partial charge in [-0.05, 0) is 11.6 Å². The van der Waals surface area contributed by atoms with E-state index in [1.165, 1.54) is 0 Å². The van der Waals surface area contributed by atoms with Crippen molar-refractivity contribution < 1.29 is 9.63 Å². The maximum Gasteiger partial charge on any atom is 0.230 e. The molecule has 0 saturated carbocycles. The molecule has 0 atom stereocenters. The highest BCUT2D eigenvalue weighted by Gasteiger charge is 1.96. The summed E-state index contributed by atoms with van der Waals surface area (Å²) in [6, 6.07) is 7.65. The molecule has 0 bridgehead atoms. The first-order valence-corrected chi connectivity index (χ1v) is 4.18. The molecule has 0 aliphatic rings. The molecule has 4 heteroatoms. The highest BCUT2D eigenvalue weighted by molar-refractivity contribution is 9.10. The molecule has 0 aliphatic heterocycles. The quantitative estimate of drug-likeness (QED) is 0.485. The maximum atomic E-state index is 9.83. The van der Waals surface area contributed by atoms with Gasteiger partial charge in [0.05, 0.1) is 0 Å². The van der Waals surface area contributed by atoms with Crippen LogP contribution >= 0.6 is 15.9 Å². The highest BCUT2D eigenvalue weighted by Crippen LogP contribution is 2.15. The van der Waals surface area contributed by atoms with Crippen LogP contribution in [0.2, 0.25) is 0 Å². The number of hydrogen-bond acceptors (Lipinski definition) is 2. The topological polar surface area (TPSA) is 38.3 Å². The Bertz CT molecular complexity index is 265. The standard InChI is InChI=1S/C8H8BrNO2/c9-8-4-2-1-3-7(8)5-12-10-6-11/h1-4,6H,5H2,(H,10,11). The van der Waals surface area contributed by atoms with Crippen LogP contribution in [0.3, 0.4) is 0 Å². The van der Waals surface area contributed by atoms with E-state index in [0.29, 0.717) is 13.0 Å². The molecule has 0 spiro atoms. The van der Waals surface area contributed by atoms with Crippen LogP contribution in [-0.2, 0) is 16.2 Å². The summed E-state index contributed by atoms with van der Waals surface area (Å²) in [6.07, 6.45) is 0.497. The zero-order valence-corrected chi connectivity index (χ0v) is 7.87. The minimum Gasteiger partial charge on any atom is -0.277 e. The van der Waals surface area contributed by atoms with Gasteiger partial charge in [0.2, 0.25) is 6.41 Å². The van der Waals surface area contributed by atoms with Gasteiger partial charge in [0, 0.05) is 4.47 Å². The molecule has 12 heavy (non-hydrogen) atoms. The second-order valence-electron chi connectivity index (χ2n) is 2.12. The van der Waals surface area contributed by atoms with Gasteiger partial charge in [0.1, 0.15) is 6.61 Å². The van der Waals surface area contributed by atoms with Gasteiger partial charge in [-0.25, -0.2) is 5.48 Å². The lowest BCUT2D eigenvalue weighted by Crippen LogP contribution is -2.11. The zero-order valence-electron chi connectivity index (χ0n) is 6.29. The summed E-state index contributed by atoms with van der Waals surface area (Å²) in [7, 11) is 0. The van der Waals surface area contributed by atoms with E-state index in [1.807, 2.05) is 24.3 Å². The molecule has 1 aromatic rings. The molecule has 0 fully saturated rings. The van der Waals surface area contributed by atoms with Crippen molar-refractivity contribution in [2.75, 3.05) is 0 Å². The third kappa shape index (κ3) is 2.64. The van der Waals surface area contributed by atoms with E-state index >= 15 is 0 Å². The van der Waals surface area contributed by atoms with E-state index < -0.39 is 0 Å². The molecule has 0 saturated heterocycles. The lowest BCUT2D eigenvalue weighted by molar-refractivity contribution is -0.121. The third-order valence-corrected chi connectivity index (χ3v) is 2.09. The molecule has 0 unspecified atom stereocenters. The van der Waals surface area contributed by atoms with Crippen LogP contribution in [0.25, 0.3) is 0 Å². The van der Waals surface area contributed by atoms with Gasteiger partial charge in [0.25, 0.3) is 0 Å². The first kappa shape index (κ1) is 9.22. The monoisotopic (exact) mass is 229 g/mol. The molecule has 64 valence electrons. The van der Waals surface area contributed by atoms with Gasteiger partial charge in [-0.1, -0.05) is 34.1 Å². The molecule has 0 radical (unpaired) electrons. The summed E-state index contributed by atoms with van der Waals surface area (Å²) >= 11 is 3.35. The molecule has 1 N–H and O–H groups in total. The first-order chi connectivity index (χ1) is 5.84. The number of amides is 1. The Hall–Kier alpha value is -0.870. The van der Waals surface area contributed by atoms with Gasteiger partial charge in [-0.2, -0.15) is 0 Å². The number of hydroxylamine groups is 1. The van der Waals surface area contributed by atoms with Crippen molar-refractivity contribution in [3.63, 3.8) is 0 Å². The molecular formula is C8H8BrNO2. The number of rotatable bonds is 4. The molecule has 3 nitrogen and oxygen atoms in total. The van der Waals surface area contributed by atoms with Gasteiger partial charge in [0.15, 0.2) is 0 Å². The summed E-state index contributed by atoms with van der Waals surface area (Å²) in [5, 5.41) is 0. The first-order valence-electron chi connectivity index (χ1n) is 3.39. The molecular weight excluding hydrogens is 222 g/mol. The van der Waals surface area contributed by atoms with Crippen LogP contribution in [0.1, 0.15) is 5.56 Å². The average Bonchev–Trinajstić information content (AvgIpc) is 2.09. The van der Waals surface area contributed by atoms with Gasteiger partial charge >= 0.3 is 0 Å². The predicted molar refractivity (Wildman–Crippen MR) is 48.1 cm³/mol. The molecule has 0 aliphatic carbocycles. The minimum absolute atomic E-state index is 0.361. The second kappa shape index (κ2) is 4.90. The second-order valence-corrected chi connectivity index (χ2v) is 2.97. The Balaban J connectivity index is 2.51. The third-order valence-electron chi connectivity index (χ3n) is 1.32. The summed E-state index contributed by atoms with van der Waals surface area (Å²) in [6.45, 7) is 0.361. The smallest absolute Gasteiger partial charge is 0.230 e. The summed E-state index contributed by atoms with van der Waals surface area (Å²) in [5.41, 5.74) is 3.12. The predicted octanol–water partition coefficient (Wildman–Crippen LogP) is 1.63. The minimum atomic E-state index is 0.361. The number of carbonyl (C=O) groups is 1. The van der Waals surface area contributed by atoms with Crippen molar-refractivity contribution in [2.24, 2.45) is 0 Å². The van der Waals surface area contributed by atoms with Crippen molar-refractivity contribution in [3.8, 4) is 0 Å². The highest BCUT2D eigenvalue weighted by atomic mass is 79.9. The number of hydrogen-bond donors (Lipinski definition) is 1. The Morgan fingerprint density at radius 1 is 1.50 bits per heavy atom. The van der Waals surface area contributed by atoms with Crippen molar-refractivity contribution in [3.05, 3.63) is 34.3 Å². The molecule has 1 aromatic carbocycles. The van der Waals surface area contributed by atoms with E-state index in [1.54, 1.807) is 0 Å². The molecule has 0 aromatic heterocycles. The fourth-order valence-electron chi connectivity index (χ4n) is 0.769. The van der Waals surface area contributed by atoms with E-state index in [9.17, 15) is 4.79 Å². The van der Waals surface area contributed by atoms with Crippen LogP contribution in [0.5, 0.6) is 0 Å². The zero-order chi connectivity index (χ0) is 8.81. The number of halogens is 1. The Morgan fingerprint density at radius 3 is 2.92 bits per heavy atom. The van der Waals surface area contributed by atoms with Gasteiger partial charge in [-0.3, -0.25) is 9.63 Å². The number of nitrogens with one attached hydrogen (secondary N) is 1. The van der Waals surface area contributed by atoms with Crippen LogP contribution in [0.15, 0.2) is 28.7 Å². The molecule has 0 heterocycles. The van der Waals surface area contributed by atoms with Crippen molar-refractivity contribution in [1.82, 2.24) is 5.48 Å². The van der Waals surface area contributed by atoms with Crippen molar-refractivity contribution >= 4 is 22.3 Å². The van der Waals surface area contributed by atoms with Crippen LogP contribution in [0.4, 0.5) is 0 Å². The molecule has 1 amide bonds. The van der Waals surface area contributed by atoms with Crippen LogP contribution in [-0.4, -0.2) is 6.41 Å². The van der Waals surface area contributed by atoms with Crippen molar-refractivity contribution in [1.29, 1.82) is 0 Å². The Kier molecular flexibility index (Phi) is 3.76. The van der Waals surface area contributed by atoms with E-state index in [4.69, 9.17) is 4.84 Å². The largest absolute Gasteiger partial charge is 0.277 e. The average molecular weight is 230 g/mol. The lowest BCUT2D eigenvalue weighted by Gasteiger charge is -2.02. The summed E-state index contributed by atoms with van der Waals surface area (Å²) < 4.78 is 0.970. The summed E-state index contributed by atoms with van der Waals surface area (Å²) in [4.78, 5) is 14.6. The van der Waals surface area contributed by atoms with Crippen molar-refractivity contribution in [2.45, 2.75) is 6.61 Å². The van der Waals surface area contributed by atoms with Gasteiger partial charge < -0.3 is 0 Å². The number of benzene rings is 1. The molecule has 1 rings (SSSR count). The number of carbonyl (C=O) groups excluding carboxylic acids is 1. The van der Waals surface area contributed by atoms with Crippen LogP contribution < -0.4 is 5.48 Å². The lowest BCUT2D eigenvalue weighted by atomic mass is 10.2. The Morgan fingerprint density at radius 2 is 2.25 bits per heavy atom. The van der Waals surface area contributed by atoms with E-state index in [0.717, 1.165) is 10.0 Å². The van der Waals surface area contributed by atoms with Gasteiger partial charge in [-0.15, -0.1) is 0 Å².